The zero-order valence-corrected chi connectivity index (χ0v) is 36.6. The monoisotopic (exact) mass is 866 g/mol. The van der Waals surface area contributed by atoms with Gasteiger partial charge in [0.2, 0.25) is 0 Å². The maximum Gasteiger partial charge on any atom is 0.166 e. The van der Waals surface area contributed by atoms with Crippen molar-refractivity contribution in [2.75, 3.05) is 0 Å². The van der Waals surface area contributed by atoms with Crippen LogP contribution in [0, 0.1) is 0 Å². The van der Waals surface area contributed by atoms with Gasteiger partial charge in [-0.1, -0.05) is 188 Å². The van der Waals surface area contributed by atoms with E-state index in [9.17, 15) is 0 Å². The summed E-state index contributed by atoms with van der Waals surface area (Å²) in [6, 6.07) is 81.7. The van der Waals surface area contributed by atoms with Crippen LogP contribution in [0.3, 0.4) is 0 Å². The van der Waals surface area contributed by atoms with E-state index < -0.39 is 0 Å². The fourth-order valence-corrected chi connectivity index (χ4v) is 10.3. The lowest BCUT2D eigenvalue weighted by Gasteiger charge is -2.16. The minimum atomic E-state index is 0.543. The van der Waals surface area contributed by atoms with E-state index in [1.165, 1.54) is 26.9 Å². The van der Waals surface area contributed by atoms with Crippen molar-refractivity contribution in [1.82, 2.24) is 19.5 Å². The van der Waals surface area contributed by atoms with Crippen LogP contribution in [-0.2, 0) is 0 Å². The highest BCUT2D eigenvalue weighted by Crippen LogP contribution is 2.44. The Morgan fingerprint density at radius 1 is 0.294 bits per heavy atom. The lowest BCUT2D eigenvalue weighted by atomic mass is 10.0. The van der Waals surface area contributed by atoms with Crippen LogP contribution < -0.4 is 0 Å². The summed E-state index contributed by atoms with van der Waals surface area (Å²) in [5.41, 5.74) is 11.8. The van der Waals surface area contributed by atoms with Crippen molar-refractivity contribution in [1.29, 1.82) is 0 Å². The predicted molar refractivity (Wildman–Crippen MR) is 281 cm³/mol. The second-order valence-corrected chi connectivity index (χ2v) is 17.6. The van der Waals surface area contributed by atoms with E-state index >= 15 is 0 Å². The molecule has 0 fully saturated rings. The van der Waals surface area contributed by atoms with E-state index in [1.807, 2.05) is 12.1 Å². The highest BCUT2D eigenvalue weighted by molar-refractivity contribution is 6.24. The van der Waals surface area contributed by atoms with Crippen LogP contribution in [0.4, 0.5) is 0 Å². The van der Waals surface area contributed by atoms with Gasteiger partial charge in [0.1, 0.15) is 11.2 Å². The Hall–Kier alpha value is -9.19. The predicted octanol–water partition coefficient (Wildman–Crippen LogP) is 16.7. The number of fused-ring (bicyclic) bond motifs is 11. The molecule has 3 aromatic heterocycles. The first-order valence-electron chi connectivity index (χ1n) is 23.0. The Balaban J connectivity index is 1.09. The zero-order valence-electron chi connectivity index (χ0n) is 36.6. The highest BCUT2D eigenvalue weighted by atomic mass is 16.3. The van der Waals surface area contributed by atoms with Gasteiger partial charge in [-0.25, -0.2) is 15.0 Å². The molecule has 0 aliphatic heterocycles. The summed E-state index contributed by atoms with van der Waals surface area (Å²) in [7, 11) is 0. The van der Waals surface area contributed by atoms with Crippen molar-refractivity contribution in [2.24, 2.45) is 0 Å². The molecule has 3 heterocycles. The Bertz CT molecular complexity index is 4300. The number of furan rings is 1. The van der Waals surface area contributed by atoms with Gasteiger partial charge in [0.25, 0.3) is 0 Å². The molecule has 0 saturated heterocycles. The topological polar surface area (TPSA) is 56.7 Å². The summed E-state index contributed by atoms with van der Waals surface area (Å²) in [5, 5.41) is 11.5. The Labute approximate surface area is 390 Å². The van der Waals surface area contributed by atoms with E-state index in [0.717, 1.165) is 93.8 Å². The number of benzene rings is 11. The first kappa shape index (κ1) is 38.1. The lowest BCUT2D eigenvalue weighted by molar-refractivity contribution is 0.669. The molecule has 0 amide bonds. The summed E-state index contributed by atoms with van der Waals surface area (Å²) in [6.07, 6.45) is 0. The van der Waals surface area contributed by atoms with Gasteiger partial charge in [0, 0.05) is 38.2 Å². The molecule has 0 atom stereocenters. The molecule has 11 aromatic carbocycles. The number of aromatic nitrogens is 4. The normalized spacial score (nSPS) is 11.8. The third-order valence-corrected chi connectivity index (χ3v) is 13.6. The van der Waals surface area contributed by atoms with Gasteiger partial charge in [-0.05, 0) is 97.0 Å². The largest absolute Gasteiger partial charge is 0.456 e. The van der Waals surface area contributed by atoms with E-state index in [-0.39, 0.29) is 0 Å². The molecule has 0 saturated carbocycles. The van der Waals surface area contributed by atoms with E-state index in [0.29, 0.717) is 17.5 Å². The molecule has 0 spiro atoms. The first-order valence-corrected chi connectivity index (χ1v) is 23.0. The second kappa shape index (κ2) is 15.2. The summed E-state index contributed by atoms with van der Waals surface area (Å²) >= 11 is 0. The van der Waals surface area contributed by atoms with Crippen LogP contribution in [0.5, 0.6) is 0 Å². The van der Waals surface area contributed by atoms with Gasteiger partial charge in [-0.15, -0.1) is 0 Å². The fraction of sp³-hybridized carbons (Fsp3) is 0. The van der Waals surface area contributed by atoms with E-state index in [1.54, 1.807) is 0 Å². The zero-order chi connectivity index (χ0) is 44.7. The van der Waals surface area contributed by atoms with Crippen molar-refractivity contribution in [3.05, 3.63) is 231 Å². The standard InChI is InChI=1S/C63H38N4O/c1-3-14-39(15-4-1)41-26-28-44(29-27-41)61-64-62(48-23-13-22-45(34-48)40-16-5-2-6-17-40)66-63(65-61)52-38-58-53(60-50-25-12-10-19-43(50)31-33-57(60)68-58)37-56(52)67-54-32-30-42-18-9-11-24-49(42)59(54)51-35-46-20-7-8-21-47(46)36-55(51)67/h1-38H. The molecule has 316 valence electrons. The molecule has 5 heteroatoms. The molecule has 5 nitrogen and oxygen atoms in total. The highest BCUT2D eigenvalue weighted by Gasteiger charge is 2.24. The smallest absolute Gasteiger partial charge is 0.166 e. The number of nitrogens with zero attached hydrogens (tertiary/aromatic N) is 4. The molecule has 68 heavy (non-hydrogen) atoms. The minimum Gasteiger partial charge on any atom is -0.456 e. The van der Waals surface area contributed by atoms with Gasteiger partial charge in [0.05, 0.1) is 16.7 Å². The average molecular weight is 867 g/mol. The second-order valence-electron chi connectivity index (χ2n) is 17.6. The summed E-state index contributed by atoms with van der Waals surface area (Å²) in [5.74, 6) is 1.70. The molecular weight excluding hydrogens is 829 g/mol. The molecule has 0 aliphatic carbocycles. The Kier molecular flexibility index (Phi) is 8.52. The fourth-order valence-electron chi connectivity index (χ4n) is 10.3. The molecule has 0 unspecified atom stereocenters. The third-order valence-electron chi connectivity index (χ3n) is 13.6. The van der Waals surface area contributed by atoms with Crippen LogP contribution >= 0.6 is 0 Å². The van der Waals surface area contributed by atoms with Crippen molar-refractivity contribution in [3.8, 4) is 62.1 Å². The number of rotatable bonds is 6. The first-order chi connectivity index (χ1) is 33.7. The quantitative estimate of drug-likeness (QED) is 0.167. The van der Waals surface area contributed by atoms with Gasteiger partial charge in [-0.2, -0.15) is 0 Å². The molecule has 14 rings (SSSR count). The van der Waals surface area contributed by atoms with Crippen molar-refractivity contribution < 1.29 is 4.42 Å². The van der Waals surface area contributed by atoms with Gasteiger partial charge >= 0.3 is 0 Å². The van der Waals surface area contributed by atoms with E-state index in [4.69, 9.17) is 19.4 Å². The average Bonchev–Trinajstić information content (AvgIpc) is 3.95. The van der Waals surface area contributed by atoms with Crippen LogP contribution in [0.25, 0.3) is 138 Å². The van der Waals surface area contributed by atoms with Crippen molar-refractivity contribution in [3.63, 3.8) is 0 Å². The van der Waals surface area contributed by atoms with Crippen LogP contribution in [0.2, 0.25) is 0 Å². The van der Waals surface area contributed by atoms with Gasteiger partial charge in [-0.3, -0.25) is 0 Å². The number of hydrogen-bond acceptors (Lipinski definition) is 4. The number of hydrogen-bond donors (Lipinski definition) is 0. The molecule has 0 aliphatic rings. The minimum absolute atomic E-state index is 0.543. The maximum atomic E-state index is 6.85. The van der Waals surface area contributed by atoms with Crippen LogP contribution in [0.1, 0.15) is 0 Å². The van der Waals surface area contributed by atoms with Crippen LogP contribution in [0.15, 0.2) is 235 Å². The van der Waals surface area contributed by atoms with E-state index in [2.05, 4.69) is 223 Å². The van der Waals surface area contributed by atoms with Gasteiger partial charge < -0.3 is 8.98 Å². The molecule has 0 radical (unpaired) electrons. The Morgan fingerprint density at radius 2 is 0.838 bits per heavy atom. The van der Waals surface area contributed by atoms with Crippen molar-refractivity contribution in [2.45, 2.75) is 0 Å². The Morgan fingerprint density at radius 3 is 1.57 bits per heavy atom. The molecule has 14 aromatic rings. The van der Waals surface area contributed by atoms with Gasteiger partial charge in [0.15, 0.2) is 17.5 Å². The molecule has 0 bridgehead atoms. The maximum absolute atomic E-state index is 6.85. The SMILES string of the molecule is c1ccc(-c2ccc(-c3nc(-c4cccc(-c5ccccc5)c4)nc(-c4cc5oc6ccc7ccccc7c6c5cc4-n4c5cc6ccccc6cc5c5c6ccccc6ccc54)n3)cc2)cc1. The molecule has 0 N–H and O–H groups in total. The summed E-state index contributed by atoms with van der Waals surface area (Å²) in [4.78, 5) is 16.2. The molecular formula is C63H38N4O. The summed E-state index contributed by atoms with van der Waals surface area (Å²) in [6.45, 7) is 0. The van der Waals surface area contributed by atoms with Crippen molar-refractivity contribution >= 4 is 76.1 Å². The lowest BCUT2D eigenvalue weighted by Crippen LogP contribution is -2.04. The van der Waals surface area contributed by atoms with Crippen LogP contribution in [-0.4, -0.2) is 19.5 Å². The summed E-state index contributed by atoms with van der Waals surface area (Å²) < 4.78 is 9.28. The third kappa shape index (κ3) is 6.14.